The molecule has 120 valence electrons. The molecule has 0 spiro atoms. The molecule has 2 amide bonds. The Balaban J connectivity index is 2.47. The predicted octanol–water partition coefficient (Wildman–Crippen LogP) is 1.33. The zero-order valence-corrected chi connectivity index (χ0v) is 12.8. The van der Waals surface area contributed by atoms with Crippen molar-refractivity contribution in [2.45, 2.75) is 37.7 Å². The Hall–Kier alpha value is -1.96. The highest BCUT2D eigenvalue weighted by Gasteiger charge is 2.41. The van der Waals surface area contributed by atoms with Crippen LogP contribution in [0.3, 0.4) is 0 Å². The van der Waals surface area contributed by atoms with Crippen LogP contribution >= 0.6 is 0 Å². The third kappa shape index (κ3) is 3.11. The first-order valence-electron chi connectivity index (χ1n) is 6.94. The molecular weight excluding hydrogens is 311 g/mol. The molecule has 22 heavy (non-hydrogen) atoms. The third-order valence-electron chi connectivity index (χ3n) is 3.42. The van der Waals surface area contributed by atoms with Crippen LogP contribution < -0.4 is 9.62 Å². The predicted molar refractivity (Wildman–Crippen MR) is 79.2 cm³/mol. The SMILES string of the molecule is CCC(F)S(=O)(=O)N(c1ccccc1)C1CCC(=O)NC1=O. The maximum atomic E-state index is 14.0. The number of carbonyl (C=O) groups is 2. The number of para-hydroxylation sites is 1. The lowest BCUT2D eigenvalue weighted by Crippen LogP contribution is -2.55. The van der Waals surface area contributed by atoms with Crippen LogP contribution in [0, 0.1) is 0 Å². The van der Waals surface area contributed by atoms with E-state index >= 15 is 0 Å². The van der Waals surface area contributed by atoms with Gasteiger partial charge in [-0.25, -0.2) is 12.8 Å². The molecule has 0 saturated carbocycles. The zero-order valence-electron chi connectivity index (χ0n) is 12.0. The van der Waals surface area contributed by atoms with Crippen molar-refractivity contribution in [1.82, 2.24) is 5.32 Å². The molecule has 2 rings (SSSR count). The van der Waals surface area contributed by atoms with E-state index < -0.39 is 33.4 Å². The summed E-state index contributed by atoms with van der Waals surface area (Å²) in [5.41, 5.74) is -1.91. The molecule has 6 nitrogen and oxygen atoms in total. The van der Waals surface area contributed by atoms with E-state index in [1.807, 2.05) is 0 Å². The van der Waals surface area contributed by atoms with Gasteiger partial charge in [-0.15, -0.1) is 0 Å². The number of sulfonamides is 1. The first-order chi connectivity index (χ1) is 10.4. The molecule has 1 aromatic carbocycles. The normalized spacial score (nSPS) is 20.4. The van der Waals surface area contributed by atoms with Gasteiger partial charge in [-0.05, 0) is 25.0 Å². The summed E-state index contributed by atoms with van der Waals surface area (Å²) in [6.07, 6.45) is -0.188. The Bertz CT molecular complexity index is 663. The monoisotopic (exact) mass is 328 g/mol. The summed E-state index contributed by atoms with van der Waals surface area (Å²) >= 11 is 0. The topological polar surface area (TPSA) is 83.6 Å². The van der Waals surface area contributed by atoms with Crippen molar-refractivity contribution >= 4 is 27.5 Å². The van der Waals surface area contributed by atoms with E-state index in [4.69, 9.17) is 0 Å². The minimum absolute atomic E-state index is 0.0122. The van der Waals surface area contributed by atoms with Crippen LogP contribution in [-0.4, -0.2) is 31.8 Å². The molecule has 2 unspecified atom stereocenters. The van der Waals surface area contributed by atoms with Gasteiger partial charge < -0.3 is 0 Å². The van der Waals surface area contributed by atoms with Crippen LogP contribution in [0.2, 0.25) is 0 Å². The second-order valence-electron chi connectivity index (χ2n) is 4.96. The van der Waals surface area contributed by atoms with Gasteiger partial charge in [-0.2, -0.15) is 0 Å². The van der Waals surface area contributed by atoms with E-state index in [-0.39, 0.29) is 24.9 Å². The van der Waals surface area contributed by atoms with Crippen LogP contribution in [0.5, 0.6) is 0 Å². The lowest BCUT2D eigenvalue weighted by molar-refractivity contribution is -0.133. The van der Waals surface area contributed by atoms with Crippen LogP contribution in [0.15, 0.2) is 30.3 Å². The smallest absolute Gasteiger partial charge is 0.268 e. The Morgan fingerprint density at radius 2 is 1.95 bits per heavy atom. The molecule has 1 N–H and O–H groups in total. The van der Waals surface area contributed by atoms with E-state index in [1.165, 1.54) is 19.1 Å². The van der Waals surface area contributed by atoms with E-state index in [1.54, 1.807) is 18.2 Å². The molecule has 2 atom stereocenters. The van der Waals surface area contributed by atoms with E-state index in [0.29, 0.717) is 0 Å². The highest BCUT2D eigenvalue weighted by atomic mass is 32.2. The number of piperidine rings is 1. The largest absolute Gasteiger partial charge is 0.295 e. The van der Waals surface area contributed by atoms with E-state index in [0.717, 1.165) is 4.31 Å². The Labute approximate surface area is 128 Å². The molecule has 0 radical (unpaired) electrons. The zero-order chi connectivity index (χ0) is 16.3. The first-order valence-corrected chi connectivity index (χ1v) is 8.44. The number of hydrogen-bond donors (Lipinski definition) is 1. The van der Waals surface area contributed by atoms with Crippen molar-refractivity contribution in [1.29, 1.82) is 0 Å². The summed E-state index contributed by atoms with van der Waals surface area (Å²) in [6.45, 7) is 1.41. The van der Waals surface area contributed by atoms with Crippen molar-refractivity contribution in [3.8, 4) is 0 Å². The maximum Gasteiger partial charge on any atom is 0.268 e. The summed E-state index contributed by atoms with van der Waals surface area (Å²) in [5.74, 6) is -1.19. The molecule has 1 heterocycles. The van der Waals surface area contributed by atoms with Crippen LogP contribution in [-0.2, 0) is 19.6 Å². The number of nitrogens with zero attached hydrogens (tertiary/aromatic N) is 1. The fraction of sp³-hybridized carbons (Fsp3) is 0.429. The second-order valence-corrected chi connectivity index (χ2v) is 6.90. The van der Waals surface area contributed by atoms with Crippen molar-refractivity contribution in [2.75, 3.05) is 4.31 Å². The number of anilines is 1. The Kier molecular flexibility index (Phi) is 4.80. The lowest BCUT2D eigenvalue weighted by atomic mass is 10.1. The quantitative estimate of drug-likeness (QED) is 0.827. The summed E-state index contributed by atoms with van der Waals surface area (Å²) in [6, 6.07) is 6.74. The Morgan fingerprint density at radius 3 is 2.50 bits per heavy atom. The fourth-order valence-electron chi connectivity index (χ4n) is 2.32. The van der Waals surface area contributed by atoms with Gasteiger partial charge in [0.25, 0.3) is 10.0 Å². The van der Waals surface area contributed by atoms with Gasteiger partial charge in [0.05, 0.1) is 5.69 Å². The van der Waals surface area contributed by atoms with E-state index in [2.05, 4.69) is 5.32 Å². The van der Waals surface area contributed by atoms with Gasteiger partial charge in [0.1, 0.15) is 6.04 Å². The van der Waals surface area contributed by atoms with Crippen molar-refractivity contribution < 1.29 is 22.4 Å². The number of nitrogens with one attached hydrogen (secondary N) is 1. The summed E-state index contributed by atoms with van der Waals surface area (Å²) in [5, 5.41) is 2.10. The number of imide groups is 1. The van der Waals surface area contributed by atoms with Crippen LogP contribution in [0.25, 0.3) is 0 Å². The van der Waals surface area contributed by atoms with Crippen molar-refractivity contribution in [3.63, 3.8) is 0 Å². The molecule has 1 saturated heterocycles. The van der Waals surface area contributed by atoms with Gasteiger partial charge in [-0.3, -0.25) is 19.2 Å². The summed E-state index contributed by atoms with van der Waals surface area (Å²) < 4.78 is 39.7. The molecular formula is C14H17FN2O4S. The average Bonchev–Trinajstić information content (AvgIpc) is 2.49. The van der Waals surface area contributed by atoms with Gasteiger partial charge >= 0.3 is 0 Å². The maximum absolute atomic E-state index is 14.0. The number of halogens is 1. The molecule has 8 heteroatoms. The minimum atomic E-state index is -4.36. The fourth-order valence-corrected chi connectivity index (χ4v) is 3.96. The summed E-state index contributed by atoms with van der Waals surface area (Å²) in [4.78, 5) is 23.3. The summed E-state index contributed by atoms with van der Waals surface area (Å²) in [7, 11) is -4.36. The highest BCUT2D eigenvalue weighted by Crippen LogP contribution is 2.28. The first kappa shape index (κ1) is 16.4. The number of alkyl halides is 1. The number of amides is 2. The standard InChI is InChI=1S/C14H17FN2O4S/c1-2-12(15)22(20,21)17(10-6-4-3-5-7-10)11-8-9-13(18)16-14(11)19/h3-7,11-12H,2,8-9H2,1H3,(H,16,18,19). The average molecular weight is 328 g/mol. The number of hydrogen-bond acceptors (Lipinski definition) is 4. The molecule has 0 aliphatic carbocycles. The molecule has 1 aliphatic rings. The number of carbonyl (C=O) groups excluding carboxylic acids is 2. The van der Waals surface area contributed by atoms with E-state index in [9.17, 15) is 22.4 Å². The second kappa shape index (κ2) is 6.43. The molecule has 1 aliphatic heterocycles. The van der Waals surface area contributed by atoms with Crippen LogP contribution in [0.4, 0.5) is 10.1 Å². The van der Waals surface area contributed by atoms with Gasteiger partial charge in [0.2, 0.25) is 17.3 Å². The molecule has 0 bridgehead atoms. The van der Waals surface area contributed by atoms with Gasteiger partial charge in [0, 0.05) is 6.42 Å². The van der Waals surface area contributed by atoms with Crippen molar-refractivity contribution in [2.24, 2.45) is 0 Å². The molecule has 1 aromatic rings. The molecule has 1 fully saturated rings. The lowest BCUT2D eigenvalue weighted by Gasteiger charge is -2.34. The Morgan fingerprint density at radius 1 is 1.32 bits per heavy atom. The third-order valence-corrected chi connectivity index (χ3v) is 5.42. The highest BCUT2D eigenvalue weighted by molar-refractivity contribution is 7.93. The van der Waals surface area contributed by atoms with Crippen molar-refractivity contribution in [3.05, 3.63) is 30.3 Å². The number of rotatable bonds is 5. The minimum Gasteiger partial charge on any atom is -0.295 e. The van der Waals surface area contributed by atoms with Gasteiger partial charge in [-0.1, -0.05) is 25.1 Å². The van der Waals surface area contributed by atoms with Crippen LogP contribution in [0.1, 0.15) is 26.2 Å². The molecule has 0 aromatic heterocycles. The number of benzene rings is 1. The van der Waals surface area contributed by atoms with Gasteiger partial charge in [0.15, 0.2) is 0 Å².